The van der Waals surface area contributed by atoms with E-state index < -0.39 is 12.2 Å². The van der Waals surface area contributed by atoms with Gasteiger partial charge in [-0.1, -0.05) is 50.3 Å². The normalized spacial score (nSPS) is 18.7. The summed E-state index contributed by atoms with van der Waals surface area (Å²) in [5.41, 5.74) is 7.56. The Morgan fingerprint density at radius 3 is 2.82 bits per heavy atom. The molecule has 2 aliphatic rings. The highest BCUT2D eigenvalue weighted by atomic mass is 16.6. The zero-order chi connectivity index (χ0) is 23.0. The fourth-order valence-corrected chi connectivity index (χ4v) is 4.67. The molecule has 2 aliphatic carbocycles. The van der Waals surface area contributed by atoms with E-state index in [0.717, 1.165) is 22.0 Å². The van der Waals surface area contributed by atoms with Crippen LogP contribution in [0.3, 0.4) is 0 Å². The van der Waals surface area contributed by atoms with E-state index in [1.165, 1.54) is 32.1 Å². The predicted molar refractivity (Wildman–Crippen MR) is 131 cm³/mol. The number of benzene rings is 1. The van der Waals surface area contributed by atoms with Gasteiger partial charge in [-0.3, -0.25) is 9.78 Å². The first kappa shape index (κ1) is 23.2. The first-order valence-electron chi connectivity index (χ1n) is 11.9. The van der Waals surface area contributed by atoms with Gasteiger partial charge >= 0.3 is 0 Å². The van der Waals surface area contributed by atoms with Crippen LogP contribution in [0.4, 0.5) is 5.69 Å². The summed E-state index contributed by atoms with van der Waals surface area (Å²) in [6, 6.07) is 7.65. The van der Waals surface area contributed by atoms with Crippen molar-refractivity contribution < 1.29 is 14.6 Å². The van der Waals surface area contributed by atoms with Crippen LogP contribution in [0.1, 0.15) is 44.9 Å². The lowest BCUT2D eigenvalue weighted by molar-refractivity contribution is -0.118. The predicted octanol–water partition coefficient (Wildman–Crippen LogP) is 4.82. The lowest BCUT2D eigenvalue weighted by Gasteiger charge is -2.24. The van der Waals surface area contributed by atoms with E-state index >= 15 is 0 Å². The number of anilines is 1. The summed E-state index contributed by atoms with van der Waals surface area (Å²) in [5.74, 6) is 0.538. The molecule has 2 atom stereocenters. The van der Waals surface area contributed by atoms with E-state index in [4.69, 9.17) is 10.5 Å². The largest absolute Gasteiger partial charge is 0.465 e. The number of nitrogens with one attached hydrogen (secondary N) is 1. The minimum atomic E-state index is -0.803. The zero-order valence-electron chi connectivity index (χ0n) is 19.0. The molecule has 0 aliphatic heterocycles. The number of ether oxygens (including phenoxy) is 1. The number of carbonyl (C=O) groups is 1. The van der Waals surface area contributed by atoms with Crippen molar-refractivity contribution in [2.45, 2.75) is 51.2 Å². The summed E-state index contributed by atoms with van der Waals surface area (Å²) in [6.45, 7) is 0.194. The van der Waals surface area contributed by atoms with Crippen LogP contribution in [0.25, 0.3) is 10.8 Å². The summed E-state index contributed by atoms with van der Waals surface area (Å²) in [7, 11) is 0. The van der Waals surface area contributed by atoms with Gasteiger partial charge in [-0.25, -0.2) is 0 Å². The number of allylic oxidation sites excluding steroid dienone is 4. The van der Waals surface area contributed by atoms with Crippen molar-refractivity contribution in [2.75, 3.05) is 11.9 Å². The van der Waals surface area contributed by atoms with E-state index in [9.17, 15) is 9.90 Å². The number of hydrogen-bond donors (Lipinski definition) is 3. The molecule has 33 heavy (non-hydrogen) atoms. The van der Waals surface area contributed by atoms with Crippen LogP contribution in [0.5, 0.6) is 0 Å². The first-order valence-corrected chi connectivity index (χ1v) is 11.9. The molecule has 4 rings (SSSR count). The van der Waals surface area contributed by atoms with Gasteiger partial charge in [-0.2, -0.15) is 0 Å². The second kappa shape index (κ2) is 11.3. The molecule has 0 spiro atoms. The molecule has 6 nitrogen and oxygen atoms in total. The quantitative estimate of drug-likeness (QED) is 0.504. The second-order valence-electron chi connectivity index (χ2n) is 8.91. The molecule has 1 saturated carbocycles. The lowest BCUT2D eigenvalue weighted by Crippen LogP contribution is -2.30. The molecule has 1 amide bonds. The SMILES string of the molecule is NCC(C(=O)Nc1ccc2cnccc2c1)C1=CCC=C(OC(O)CC2CCCCC2)C=C1. The maximum absolute atomic E-state index is 13.0. The Balaban J connectivity index is 1.35. The number of fused-ring (bicyclic) bond motifs is 1. The monoisotopic (exact) mass is 447 g/mol. The van der Waals surface area contributed by atoms with Gasteiger partial charge in [0.25, 0.3) is 0 Å². The van der Waals surface area contributed by atoms with Crippen molar-refractivity contribution >= 4 is 22.4 Å². The van der Waals surface area contributed by atoms with E-state index in [1.807, 2.05) is 48.6 Å². The summed E-state index contributed by atoms with van der Waals surface area (Å²) in [4.78, 5) is 17.1. The van der Waals surface area contributed by atoms with E-state index in [1.54, 1.807) is 12.4 Å². The molecule has 1 fully saturated rings. The number of aliphatic hydroxyl groups excluding tert-OH is 1. The van der Waals surface area contributed by atoms with Crippen LogP contribution in [-0.4, -0.2) is 28.8 Å². The maximum atomic E-state index is 13.0. The fraction of sp³-hybridized carbons (Fsp3) is 0.407. The van der Waals surface area contributed by atoms with E-state index in [-0.39, 0.29) is 12.5 Å². The third kappa shape index (κ3) is 6.30. The molecule has 174 valence electrons. The van der Waals surface area contributed by atoms with Gasteiger partial charge in [-0.15, -0.1) is 0 Å². The first-order chi connectivity index (χ1) is 16.1. The standard InChI is InChI=1S/C27H33N3O3/c28-17-25(27(32)30-23-11-9-22-18-29-14-13-21(22)16-23)20-7-4-8-24(12-10-20)33-26(31)15-19-5-2-1-3-6-19/h7-14,16,18-19,25-26,31H,1-6,15,17,28H2,(H,30,32). The lowest BCUT2D eigenvalue weighted by atomic mass is 9.87. The molecule has 2 aromatic rings. The van der Waals surface area contributed by atoms with Gasteiger partial charge < -0.3 is 20.9 Å². The van der Waals surface area contributed by atoms with Crippen molar-refractivity contribution in [2.24, 2.45) is 17.6 Å². The van der Waals surface area contributed by atoms with Crippen LogP contribution in [0, 0.1) is 11.8 Å². The van der Waals surface area contributed by atoms with Gasteiger partial charge in [0.1, 0.15) is 5.76 Å². The molecule has 0 radical (unpaired) electrons. The van der Waals surface area contributed by atoms with Gasteiger partial charge in [0.2, 0.25) is 5.91 Å². The fourth-order valence-electron chi connectivity index (χ4n) is 4.67. The molecule has 1 aromatic heterocycles. The summed E-state index contributed by atoms with van der Waals surface area (Å²) in [6.07, 6.45) is 17.7. The topological polar surface area (TPSA) is 97.5 Å². The smallest absolute Gasteiger partial charge is 0.233 e. The number of aliphatic hydroxyl groups is 1. The number of amides is 1. The number of carbonyl (C=O) groups excluding carboxylic acids is 1. The van der Waals surface area contributed by atoms with Gasteiger partial charge in [-0.05, 0) is 53.6 Å². The average molecular weight is 448 g/mol. The van der Waals surface area contributed by atoms with Crippen LogP contribution in [0.2, 0.25) is 0 Å². The van der Waals surface area contributed by atoms with Gasteiger partial charge in [0.15, 0.2) is 6.29 Å². The number of hydrogen-bond acceptors (Lipinski definition) is 5. The third-order valence-corrected chi connectivity index (χ3v) is 6.51. The van der Waals surface area contributed by atoms with Crippen molar-refractivity contribution in [3.63, 3.8) is 0 Å². The Labute approximate surface area is 195 Å². The van der Waals surface area contributed by atoms with Crippen LogP contribution < -0.4 is 11.1 Å². The van der Waals surface area contributed by atoms with Crippen LogP contribution in [-0.2, 0) is 9.53 Å². The molecule has 2 unspecified atom stereocenters. The zero-order valence-corrected chi connectivity index (χ0v) is 19.0. The van der Waals surface area contributed by atoms with E-state index in [0.29, 0.717) is 24.5 Å². The van der Waals surface area contributed by atoms with Crippen molar-refractivity contribution in [3.8, 4) is 0 Å². The van der Waals surface area contributed by atoms with Crippen molar-refractivity contribution in [1.82, 2.24) is 4.98 Å². The molecule has 1 aromatic carbocycles. The molecular weight excluding hydrogens is 414 g/mol. The highest BCUT2D eigenvalue weighted by molar-refractivity contribution is 5.97. The highest BCUT2D eigenvalue weighted by Crippen LogP contribution is 2.29. The number of pyridine rings is 1. The molecule has 6 heteroatoms. The minimum absolute atomic E-state index is 0.150. The number of nitrogens with two attached hydrogens (primary N) is 1. The molecule has 4 N–H and O–H groups in total. The molecule has 0 saturated heterocycles. The van der Waals surface area contributed by atoms with Gasteiger partial charge in [0, 0.05) is 36.4 Å². The van der Waals surface area contributed by atoms with Crippen LogP contribution in [0.15, 0.2) is 72.3 Å². The highest BCUT2D eigenvalue weighted by Gasteiger charge is 2.22. The summed E-state index contributed by atoms with van der Waals surface area (Å²) < 4.78 is 5.79. The Hall–Kier alpha value is -2.96. The van der Waals surface area contributed by atoms with Crippen molar-refractivity contribution in [3.05, 3.63) is 72.3 Å². The van der Waals surface area contributed by atoms with Crippen molar-refractivity contribution in [1.29, 1.82) is 0 Å². The third-order valence-electron chi connectivity index (χ3n) is 6.51. The van der Waals surface area contributed by atoms with Crippen LogP contribution >= 0.6 is 0 Å². The Bertz CT molecular complexity index is 1050. The maximum Gasteiger partial charge on any atom is 0.233 e. The minimum Gasteiger partial charge on any atom is -0.465 e. The van der Waals surface area contributed by atoms with Gasteiger partial charge in [0.05, 0.1) is 5.92 Å². The average Bonchev–Trinajstić information content (AvgIpc) is 3.05. The molecule has 1 heterocycles. The Kier molecular flexibility index (Phi) is 7.92. The Morgan fingerprint density at radius 1 is 1.15 bits per heavy atom. The number of nitrogens with zero attached hydrogens (tertiary/aromatic N) is 1. The Morgan fingerprint density at radius 2 is 2.00 bits per heavy atom. The second-order valence-corrected chi connectivity index (χ2v) is 8.91. The number of rotatable bonds is 8. The molecule has 0 bridgehead atoms. The van der Waals surface area contributed by atoms with E-state index in [2.05, 4.69) is 10.3 Å². The summed E-state index contributed by atoms with van der Waals surface area (Å²) in [5, 5.41) is 15.4. The number of aromatic nitrogens is 1. The molecular formula is C27H33N3O3. The summed E-state index contributed by atoms with van der Waals surface area (Å²) >= 11 is 0.